The van der Waals surface area contributed by atoms with Gasteiger partial charge in [-0.05, 0) is 24.6 Å². The molecule has 4 nitrogen and oxygen atoms in total. The zero-order valence-electron chi connectivity index (χ0n) is 10.6. The molecule has 0 amide bonds. The second kappa shape index (κ2) is 5.40. The van der Waals surface area contributed by atoms with E-state index in [2.05, 4.69) is 16.4 Å². The molecule has 0 radical (unpaired) electrons. The molecule has 2 aromatic rings. The van der Waals surface area contributed by atoms with Crippen LogP contribution in [0.5, 0.6) is 5.75 Å². The number of anilines is 2. The van der Waals surface area contributed by atoms with Crippen LogP contribution in [0.3, 0.4) is 0 Å². The summed E-state index contributed by atoms with van der Waals surface area (Å²) in [6.45, 7) is 2.68. The van der Waals surface area contributed by atoms with Crippen molar-refractivity contribution in [2.75, 3.05) is 18.2 Å². The highest BCUT2D eigenvalue weighted by atomic mass is 16.5. The van der Waals surface area contributed by atoms with E-state index in [0.717, 1.165) is 22.7 Å². The maximum absolute atomic E-state index is 5.79. The van der Waals surface area contributed by atoms with Crippen molar-refractivity contribution in [3.05, 3.63) is 47.8 Å². The molecule has 0 aliphatic rings. The van der Waals surface area contributed by atoms with Gasteiger partial charge in [-0.15, -0.1) is 0 Å². The zero-order valence-corrected chi connectivity index (χ0v) is 10.6. The highest BCUT2D eigenvalue weighted by Crippen LogP contribution is 2.22. The number of aryl methyl sites for hydroxylation is 1. The van der Waals surface area contributed by atoms with Crippen LogP contribution in [0.2, 0.25) is 0 Å². The third kappa shape index (κ3) is 3.13. The summed E-state index contributed by atoms with van der Waals surface area (Å²) in [5, 5.41) is 3.30. The van der Waals surface area contributed by atoms with Gasteiger partial charge in [0.1, 0.15) is 5.75 Å². The van der Waals surface area contributed by atoms with Crippen LogP contribution in [0.25, 0.3) is 0 Å². The molecule has 1 aromatic heterocycles. The highest BCUT2D eigenvalue weighted by Gasteiger charge is 1.99. The maximum atomic E-state index is 5.79. The monoisotopic (exact) mass is 243 g/mol. The molecule has 0 bridgehead atoms. The fourth-order valence-electron chi connectivity index (χ4n) is 1.65. The van der Waals surface area contributed by atoms with Gasteiger partial charge in [0, 0.05) is 41.9 Å². The lowest BCUT2D eigenvalue weighted by Gasteiger charge is -2.09. The van der Waals surface area contributed by atoms with Gasteiger partial charge in [-0.25, -0.2) is 0 Å². The molecule has 0 aliphatic heterocycles. The van der Waals surface area contributed by atoms with Crippen LogP contribution in [0.4, 0.5) is 11.4 Å². The van der Waals surface area contributed by atoms with Crippen LogP contribution in [0.1, 0.15) is 11.3 Å². The number of benzene rings is 1. The van der Waals surface area contributed by atoms with Crippen LogP contribution in [-0.2, 0) is 6.54 Å². The number of nitrogens with zero attached hydrogens (tertiary/aromatic N) is 1. The van der Waals surface area contributed by atoms with E-state index in [1.807, 2.05) is 31.3 Å². The summed E-state index contributed by atoms with van der Waals surface area (Å²) in [5.74, 6) is 0.750. The van der Waals surface area contributed by atoms with Crippen LogP contribution in [-0.4, -0.2) is 12.1 Å². The van der Waals surface area contributed by atoms with E-state index in [-0.39, 0.29) is 0 Å². The van der Waals surface area contributed by atoms with E-state index in [0.29, 0.717) is 12.2 Å². The van der Waals surface area contributed by atoms with Crippen molar-refractivity contribution < 1.29 is 4.74 Å². The smallest absolute Gasteiger partial charge is 0.122 e. The molecule has 94 valence electrons. The molecule has 2 rings (SSSR count). The van der Waals surface area contributed by atoms with Crippen LogP contribution < -0.4 is 15.8 Å². The second-order valence-corrected chi connectivity index (χ2v) is 4.16. The van der Waals surface area contributed by atoms with Crippen LogP contribution in [0, 0.1) is 6.92 Å². The van der Waals surface area contributed by atoms with E-state index in [1.54, 1.807) is 13.2 Å². The molecule has 0 fully saturated rings. The maximum Gasteiger partial charge on any atom is 0.122 e. The second-order valence-electron chi connectivity index (χ2n) is 4.16. The Bertz CT molecular complexity index is 523. The average Bonchev–Trinajstić information content (AvgIpc) is 2.37. The van der Waals surface area contributed by atoms with Gasteiger partial charge in [0.15, 0.2) is 0 Å². The topological polar surface area (TPSA) is 60.2 Å². The minimum absolute atomic E-state index is 0.680. The molecule has 0 atom stereocenters. The number of aromatic nitrogens is 1. The average molecular weight is 243 g/mol. The molecular weight excluding hydrogens is 226 g/mol. The lowest BCUT2D eigenvalue weighted by molar-refractivity contribution is 0.415. The van der Waals surface area contributed by atoms with Crippen molar-refractivity contribution in [3.8, 4) is 5.75 Å². The summed E-state index contributed by atoms with van der Waals surface area (Å²) in [7, 11) is 1.63. The molecule has 4 heteroatoms. The zero-order chi connectivity index (χ0) is 13.0. The van der Waals surface area contributed by atoms with E-state index < -0.39 is 0 Å². The molecule has 0 spiro atoms. The number of rotatable bonds is 4. The summed E-state index contributed by atoms with van der Waals surface area (Å²) in [6, 6.07) is 9.64. The van der Waals surface area contributed by atoms with Crippen LogP contribution >= 0.6 is 0 Å². The van der Waals surface area contributed by atoms with Crippen LogP contribution in [0.15, 0.2) is 36.5 Å². The number of pyridine rings is 1. The Morgan fingerprint density at radius 1 is 1.28 bits per heavy atom. The Labute approximate surface area is 107 Å². The number of hydrogen-bond acceptors (Lipinski definition) is 4. The Hall–Kier alpha value is -2.23. The first kappa shape index (κ1) is 12.2. The summed E-state index contributed by atoms with van der Waals surface area (Å²) >= 11 is 0. The van der Waals surface area contributed by atoms with Gasteiger partial charge < -0.3 is 15.8 Å². The van der Waals surface area contributed by atoms with E-state index in [4.69, 9.17) is 10.5 Å². The van der Waals surface area contributed by atoms with Crippen molar-refractivity contribution in [3.63, 3.8) is 0 Å². The number of ether oxygens (including phenoxy) is 1. The van der Waals surface area contributed by atoms with Gasteiger partial charge >= 0.3 is 0 Å². The number of nitrogens with two attached hydrogens (primary N) is 1. The SMILES string of the molecule is COc1cc(N)cc(NCc2ccc(C)nc2)c1. The van der Waals surface area contributed by atoms with E-state index in [9.17, 15) is 0 Å². The summed E-state index contributed by atoms with van der Waals surface area (Å²) < 4.78 is 5.17. The first-order valence-electron chi connectivity index (χ1n) is 5.77. The number of methoxy groups -OCH3 is 1. The standard InChI is InChI=1S/C14H17N3O/c1-10-3-4-11(8-16-10)9-17-13-5-12(15)6-14(7-13)18-2/h3-8,17H,9,15H2,1-2H3. The number of nitrogens with one attached hydrogen (secondary N) is 1. The van der Waals surface area contributed by atoms with Gasteiger partial charge in [0.05, 0.1) is 7.11 Å². The van der Waals surface area contributed by atoms with Crippen molar-refractivity contribution in [2.24, 2.45) is 0 Å². The molecule has 1 aromatic carbocycles. The minimum atomic E-state index is 0.680. The molecule has 1 heterocycles. The molecule has 0 unspecified atom stereocenters. The van der Waals surface area contributed by atoms with Gasteiger partial charge in [0.2, 0.25) is 0 Å². The predicted molar refractivity (Wildman–Crippen MR) is 73.7 cm³/mol. The first-order chi connectivity index (χ1) is 8.67. The van der Waals surface area contributed by atoms with E-state index >= 15 is 0 Å². The summed E-state index contributed by atoms with van der Waals surface area (Å²) in [6.07, 6.45) is 1.87. The lowest BCUT2D eigenvalue weighted by Crippen LogP contribution is -2.01. The van der Waals surface area contributed by atoms with Crippen molar-refractivity contribution in [2.45, 2.75) is 13.5 Å². The third-order valence-corrected chi connectivity index (χ3v) is 2.63. The highest BCUT2D eigenvalue weighted by molar-refractivity contribution is 5.59. The lowest BCUT2D eigenvalue weighted by atomic mass is 10.2. The first-order valence-corrected chi connectivity index (χ1v) is 5.77. The molecule has 0 aliphatic carbocycles. The fourth-order valence-corrected chi connectivity index (χ4v) is 1.65. The Balaban J connectivity index is 2.05. The number of nitrogen functional groups attached to an aromatic ring is 1. The summed E-state index contributed by atoms with van der Waals surface area (Å²) in [5.41, 5.74) is 9.55. The molecule has 3 N–H and O–H groups in total. The normalized spacial score (nSPS) is 10.1. The Morgan fingerprint density at radius 2 is 2.11 bits per heavy atom. The van der Waals surface area contributed by atoms with Gasteiger partial charge in [-0.2, -0.15) is 0 Å². The Morgan fingerprint density at radius 3 is 2.78 bits per heavy atom. The molecule has 0 saturated heterocycles. The van der Waals surface area contributed by atoms with Gasteiger partial charge in [0.25, 0.3) is 0 Å². The summed E-state index contributed by atoms with van der Waals surface area (Å²) in [4.78, 5) is 4.25. The third-order valence-electron chi connectivity index (χ3n) is 2.63. The van der Waals surface area contributed by atoms with Crippen molar-refractivity contribution >= 4 is 11.4 Å². The fraction of sp³-hybridized carbons (Fsp3) is 0.214. The van der Waals surface area contributed by atoms with Gasteiger partial charge in [-0.1, -0.05) is 6.07 Å². The quantitative estimate of drug-likeness (QED) is 0.810. The number of hydrogen-bond donors (Lipinski definition) is 2. The Kier molecular flexibility index (Phi) is 3.67. The van der Waals surface area contributed by atoms with Crippen molar-refractivity contribution in [1.29, 1.82) is 0 Å². The molecule has 18 heavy (non-hydrogen) atoms. The van der Waals surface area contributed by atoms with E-state index in [1.165, 1.54) is 0 Å². The minimum Gasteiger partial charge on any atom is -0.497 e. The van der Waals surface area contributed by atoms with Crippen molar-refractivity contribution in [1.82, 2.24) is 4.98 Å². The molecule has 0 saturated carbocycles. The van der Waals surface area contributed by atoms with Gasteiger partial charge in [-0.3, -0.25) is 4.98 Å². The predicted octanol–water partition coefficient (Wildman–Crippen LogP) is 2.59. The molecular formula is C14H17N3O. The largest absolute Gasteiger partial charge is 0.497 e.